The number of fused-ring (bicyclic) bond motifs is 1. The number of aromatic nitrogens is 2. The van der Waals surface area contributed by atoms with Gasteiger partial charge in [-0.1, -0.05) is 18.2 Å². The molecule has 1 fully saturated rings. The van der Waals surface area contributed by atoms with Crippen LogP contribution >= 0.6 is 11.8 Å². The summed E-state index contributed by atoms with van der Waals surface area (Å²) in [5, 5.41) is 7.70. The number of nitrogens with one attached hydrogen (secondary N) is 1. The van der Waals surface area contributed by atoms with Crippen molar-refractivity contribution in [2.24, 2.45) is 0 Å². The van der Waals surface area contributed by atoms with Crippen molar-refractivity contribution in [1.29, 1.82) is 0 Å². The van der Waals surface area contributed by atoms with Crippen LogP contribution < -0.4 is 5.32 Å². The lowest BCUT2D eigenvalue weighted by Crippen LogP contribution is -2.27. The second kappa shape index (κ2) is 8.14. The van der Waals surface area contributed by atoms with Crippen molar-refractivity contribution < 1.29 is 13.2 Å². The average Bonchev–Trinajstić information content (AvgIpc) is 3.54. The van der Waals surface area contributed by atoms with Crippen LogP contribution in [-0.4, -0.2) is 41.5 Å². The number of carbonyl (C=O) groups excluding carboxylic acids is 1. The van der Waals surface area contributed by atoms with Crippen LogP contribution in [0.4, 0.5) is 5.82 Å². The van der Waals surface area contributed by atoms with Crippen molar-refractivity contribution >= 4 is 33.5 Å². The fourth-order valence-corrected chi connectivity index (χ4v) is 6.48. The molecule has 1 aromatic heterocycles. The van der Waals surface area contributed by atoms with Crippen LogP contribution in [0.15, 0.2) is 59.5 Å². The molecular weight excluding hydrogens is 432 g/mol. The van der Waals surface area contributed by atoms with Gasteiger partial charge in [0.25, 0.3) is 5.91 Å². The van der Waals surface area contributed by atoms with Crippen molar-refractivity contribution in [2.45, 2.75) is 29.2 Å². The highest BCUT2D eigenvalue weighted by Gasteiger charge is 2.28. The lowest BCUT2D eigenvalue weighted by atomic mass is 10.2. The molecule has 0 atom stereocenters. The Bertz CT molecular complexity index is 1220. The number of amides is 1. The van der Waals surface area contributed by atoms with Gasteiger partial charge in [0.1, 0.15) is 5.82 Å². The topological polar surface area (TPSA) is 84.3 Å². The van der Waals surface area contributed by atoms with E-state index in [1.165, 1.54) is 16.4 Å². The highest BCUT2D eigenvalue weighted by Crippen LogP contribution is 2.36. The molecule has 0 unspecified atom stereocenters. The Balaban J connectivity index is 1.41. The number of nitrogens with zero attached hydrogens (tertiary/aromatic N) is 3. The van der Waals surface area contributed by atoms with E-state index in [2.05, 4.69) is 5.32 Å². The number of hydrogen-bond donors (Lipinski definition) is 1. The van der Waals surface area contributed by atoms with Gasteiger partial charge in [0.2, 0.25) is 10.0 Å². The molecule has 0 saturated carbocycles. The molecular formula is C22H22N4O3S2. The smallest absolute Gasteiger partial charge is 0.256 e. The van der Waals surface area contributed by atoms with Crippen molar-refractivity contribution in [1.82, 2.24) is 14.1 Å². The molecule has 5 rings (SSSR count). The molecule has 1 saturated heterocycles. The van der Waals surface area contributed by atoms with E-state index >= 15 is 0 Å². The first-order valence-electron chi connectivity index (χ1n) is 10.2. The number of thioether (sulfide) groups is 1. The number of rotatable bonds is 5. The molecule has 31 heavy (non-hydrogen) atoms. The van der Waals surface area contributed by atoms with E-state index in [-0.39, 0.29) is 10.8 Å². The number of carbonyl (C=O) groups is 1. The molecule has 2 aliphatic heterocycles. The van der Waals surface area contributed by atoms with Gasteiger partial charge in [0, 0.05) is 35.7 Å². The van der Waals surface area contributed by atoms with Gasteiger partial charge >= 0.3 is 0 Å². The predicted molar refractivity (Wildman–Crippen MR) is 121 cm³/mol. The van der Waals surface area contributed by atoms with Crippen LogP contribution in [0.5, 0.6) is 0 Å². The summed E-state index contributed by atoms with van der Waals surface area (Å²) in [5.74, 6) is 2.00. The Morgan fingerprint density at radius 3 is 2.39 bits per heavy atom. The summed E-state index contributed by atoms with van der Waals surface area (Å²) < 4.78 is 28.7. The third-order valence-electron chi connectivity index (χ3n) is 5.60. The van der Waals surface area contributed by atoms with Gasteiger partial charge in [0.15, 0.2) is 0 Å². The van der Waals surface area contributed by atoms with E-state index in [1.807, 2.05) is 30.3 Å². The SMILES string of the molecule is O=C(Nc1c2c(nn1-c1ccccc1)CSC2)c1ccc(S(=O)(=O)N2CCCC2)cc1. The number of sulfonamides is 1. The number of benzene rings is 2. The Hall–Kier alpha value is -2.62. The zero-order chi connectivity index (χ0) is 21.4. The van der Waals surface area contributed by atoms with E-state index in [9.17, 15) is 13.2 Å². The van der Waals surface area contributed by atoms with Gasteiger partial charge < -0.3 is 5.32 Å². The van der Waals surface area contributed by atoms with Crippen LogP contribution in [0.1, 0.15) is 34.5 Å². The molecule has 3 heterocycles. The first-order chi connectivity index (χ1) is 15.0. The van der Waals surface area contributed by atoms with Gasteiger partial charge in [0.05, 0.1) is 16.3 Å². The van der Waals surface area contributed by atoms with E-state index in [4.69, 9.17) is 5.10 Å². The van der Waals surface area contributed by atoms with Crippen molar-refractivity contribution in [3.8, 4) is 5.69 Å². The predicted octanol–water partition coefficient (Wildman–Crippen LogP) is 3.66. The minimum absolute atomic E-state index is 0.220. The molecule has 0 aliphatic carbocycles. The monoisotopic (exact) mass is 454 g/mol. The zero-order valence-corrected chi connectivity index (χ0v) is 18.5. The van der Waals surface area contributed by atoms with Crippen molar-refractivity contribution in [3.05, 3.63) is 71.4 Å². The van der Waals surface area contributed by atoms with E-state index in [1.54, 1.807) is 28.6 Å². The maximum Gasteiger partial charge on any atom is 0.256 e. The average molecular weight is 455 g/mol. The molecule has 9 heteroatoms. The molecule has 0 radical (unpaired) electrons. The van der Waals surface area contributed by atoms with Crippen LogP contribution in [0.25, 0.3) is 5.69 Å². The number of hydrogen-bond acceptors (Lipinski definition) is 5. The molecule has 1 N–H and O–H groups in total. The van der Waals surface area contributed by atoms with Crippen LogP contribution in [0, 0.1) is 0 Å². The van der Waals surface area contributed by atoms with E-state index in [0.717, 1.165) is 41.3 Å². The summed E-state index contributed by atoms with van der Waals surface area (Å²) in [4.78, 5) is 13.2. The minimum Gasteiger partial charge on any atom is -0.306 e. The molecule has 1 amide bonds. The van der Waals surface area contributed by atoms with Crippen LogP contribution in [-0.2, 0) is 21.5 Å². The van der Waals surface area contributed by atoms with Crippen molar-refractivity contribution in [3.63, 3.8) is 0 Å². The summed E-state index contributed by atoms with van der Waals surface area (Å²) in [6, 6.07) is 15.9. The fourth-order valence-electron chi connectivity index (χ4n) is 3.93. The summed E-state index contributed by atoms with van der Waals surface area (Å²) >= 11 is 1.77. The minimum atomic E-state index is -3.50. The number of anilines is 1. The third-order valence-corrected chi connectivity index (χ3v) is 8.49. The molecule has 0 spiro atoms. The van der Waals surface area contributed by atoms with Crippen LogP contribution in [0.2, 0.25) is 0 Å². The first kappa shape index (κ1) is 20.3. The second-order valence-electron chi connectivity index (χ2n) is 7.60. The quantitative estimate of drug-likeness (QED) is 0.636. The fraction of sp³-hybridized carbons (Fsp3) is 0.273. The van der Waals surface area contributed by atoms with Gasteiger partial charge in [-0.25, -0.2) is 13.1 Å². The molecule has 2 aromatic carbocycles. The maximum atomic E-state index is 13.0. The lowest BCUT2D eigenvalue weighted by Gasteiger charge is -2.15. The van der Waals surface area contributed by atoms with Gasteiger partial charge in [-0.2, -0.15) is 21.2 Å². The maximum absolute atomic E-state index is 13.0. The number of para-hydroxylation sites is 1. The molecule has 160 valence electrons. The summed E-state index contributed by atoms with van der Waals surface area (Å²) in [5.41, 5.74) is 3.30. The molecule has 0 bridgehead atoms. The van der Waals surface area contributed by atoms with E-state index in [0.29, 0.717) is 24.5 Å². The largest absolute Gasteiger partial charge is 0.306 e. The Morgan fingerprint density at radius 2 is 1.68 bits per heavy atom. The normalized spacial score (nSPS) is 16.4. The Kier molecular flexibility index (Phi) is 5.33. The standard InChI is InChI=1S/C22H22N4O3S2/c27-22(16-8-10-18(11-9-16)31(28,29)25-12-4-5-13-25)23-21-19-14-30-15-20(19)24-26(21)17-6-2-1-3-7-17/h1-3,6-11H,4-5,12-15H2,(H,23,27). The van der Waals surface area contributed by atoms with Gasteiger partial charge in [-0.05, 0) is 49.2 Å². The van der Waals surface area contributed by atoms with Gasteiger partial charge in [-0.15, -0.1) is 0 Å². The Labute approximate surface area is 185 Å². The lowest BCUT2D eigenvalue weighted by molar-refractivity contribution is 0.102. The highest BCUT2D eigenvalue weighted by molar-refractivity contribution is 7.98. The third kappa shape index (κ3) is 3.77. The first-order valence-corrected chi connectivity index (χ1v) is 12.8. The second-order valence-corrected chi connectivity index (χ2v) is 10.5. The van der Waals surface area contributed by atoms with E-state index < -0.39 is 10.0 Å². The zero-order valence-electron chi connectivity index (χ0n) is 16.8. The molecule has 2 aliphatic rings. The van der Waals surface area contributed by atoms with Gasteiger partial charge in [-0.3, -0.25) is 4.79 Å². The molecule has 7 nitrogen and oxygen atoms in total. The summed E-state index contributed by atoms with van der Waals surface area (Å²) in [6.45, 7) is 1.11. The molecule has 3 aromatic rings. The Morgan fingerprint density at radius 1 is 0.968 bits per heavy atom. The summed E-state index contributed by atoms with van der Waals surface area (Å²) in [7, 11) is -3.50. The summed E-state index contributed by atoms with van der Waals surface area (Å²) in [6.07, 6.45) is 1.77. The van der Waals surface area contributed by atoms with Crippen molar-refractivity contribution in [2.75, 3.05) is 18.4 Å². The van der Waals surface area contributed by atoms with Crippen LogP contribution in [0.3, 0.4) is 0 Å². The highest BCUT2D eigenvalue weighted by atomic mass is 32.2.